The number of guanidine groups is 2. The molecule has 25 nitrogen and oxygen atoms in total. The molecule has 0 rings (SSSR count). The Kier molecular flexibility index (Phi) is 24.2. The van der Waals surface area contributed by atoms with Gasteiger partial charge < -0.3 is 76.3 Å². The first kappa shape index (κ1) is 48.7. The summed E-state index contributed by atoms with van der Waals surface area (Å²) in [5.74, 6) is -7.77. The number of hydrogen-bond donors (Lipinski definition) is 14. The molecule has 0 radical (unpaired) electrons. The zero-order valence-corrected chi connectivity index (χ0v) is 30.9. The lowest BCUT2D eigenvalue weighted by atomic mass is 9.98. The predicted molar refractivity (Wildman–Crippen MR) is 197 cm³/mol. The lowest BCUT2D eigenvalue weighted by molar-refractivity contribution is -0.142. The Balaban J connectivity index is 4.57. The number of aliphatic carboxylic acids is 1. The van der Waals surface area contributed by atoms with Gasteiger partial charge in [0.05, 0.1) is 45.3 Å². The Labute approximate surface area is 316 Å². The van der Waals surface area contributed by atoms with Crippen LogP contribution in [-0.4, -0.2) is 141 Å². The van der Waals surface area contributed by atoms with Crippen LogP contribution in [0.4, 0.5) is 0 Å². The fourth-order valence-corrected chi connectivity index (χ4v) is 4.12. The van der Waals surface area contributed by atoms with E-state index in [-0.39, 0.29) is 44.3 Å². The second-order valence-corrected chi connectivity index (χ2v) is 11.9. The minimum absolute atomic E-state index is 0.0282. The first-order chi connectivity index (χ1) is 25.9. The van der Waals surface area contributed by atoms with Gasteiger partial charge in [-0.1, -0.05) is 20.3 Å². The highest BCUT2D eigenvalue weighted by atomic mass is 16.4. The molecule has 0 aromatic heterocycles. The van der Waals surface area contributed by atoms with Crippen LogP contribution < -0.4 is 71.2 Å². The summed E-state index contributed by atoms with van der Waals surface area (Å²) in [7, 11) is 0. The molecule has 310 valence electrons. The number of aliphatic imine (C=N–C) groups is 2. The Morgan fingerprint density at radius 2 is 0.945 bits per heavy atom. The fourth-order valence-electron chi connectivity index (χ4n) is 4.12. The molecule has 4 atom stereocenters. The van der Waals surface area contributed by atoms with Crippen LogP contribution in [0.15, 0.2) is 9.98 Å². The van der Waals surface area contributed by atoms with E-state index < -0.39 is 117 Å². The SMILES string of the molecule is CC[C@H](C)[C@H](NC(=O)CNC(=O)CNC(=O)CNC(=O)[C@@H](N)CCCN=C(N)N)C(=O)NCC(=O)NCC(=O)NCC(=O)N[C@@H](CCCN=C(N)N)C(=O)O. The molecule has 0 heterocycles. The van der Waals surface area contributed by atoms with Gasteiger partial charge in [0.1, 0.15) is 12.1 Å². The molecule has 0 spiro atoms. The zero-order chi connectivity index (χ0) is 41.9. The van der Waals surface area contributed by atoms with Gasteiger partial charge in [-0.2, -0.15) is 0 Å². The van der Waals surface area contributed by atoms with Crippen molar-refractivity contribution in [1.82, 2.24) is 42.5 Å². The molecule has 0 aromatic carbocycles. The number of hydrogen-bond acceptors (Lipinski definition) is 12. The van der Waals surface area contributed by atoms with Crippen molar-refractivity contribution < 1.29 is 48.3 Å². The Morgan fingerprint density at radius 3 is 1.36 bits per heavy atom. The van der Waals surface area contributed by atoms with Crippen molar-refractivity contribution in [3.8, 4) is 0 Å². The largest absolute Gasteiger partial charge is 0.480 e. The number of carboxylic acid groups (broad SMARTS) is 1. The van der Waals surface area contributed by atoms with E-state index in [2.05, 4.69) is 52.5 Å². The molecular weight excluding hydrogens is 730 g/mol. The number of carbonyl (C=O) groups excluding carboxylic acids is 8. The van der Waals surface area contributed by atoms with Crippen LogP contribution in [0.2, 0.25) is 0 Å². The van der Waals surface area contributed by atoms with E-state index >= 15 is 0 Å². The molecule has 0 bridgehead atoms. The lowest BCUT2D eigenvalue weighted by Gasteiger charge is -2.23. The molecule has 0 aromatic rings. The zero-order valence-electron chi connectivity index (χ0n) is 30.9. The van der Waals surface area contributed by atoms with Crippen LogP contribution in [0.25, 0.3) is 0 Å². The third kappa shape index (κ3) is 24.6. The minimum Gasteiger partial charge on any atom is -0.480 e. The summed E-state index contributed by atoms with van der Waals surface area (Å²) in [4.78, 5) is 117. The summed E-state index contributed by atoms with van der Waals surface area (Å²) in [6, 6.07) is -3.25. The maximum atomic E-state index is 12.8. The van der Waals surface area contributed by atoms with Crippen molar-refractivity contribution in [2.24, 2.45) is 44.6 Å². The fraction of sp³-hybridized carbons (Fsp3) is 0.633. The van der Waals surface area contributed by atoms with Gasteiger partial charge >= 0.3 is 5.97 Å². The lowest BCUT2D eigenvalue weighted by Crippen LogP contribution is -2.54. The Bertz CT molecular complexity index is 1400. The van der Waals surface area contributed by atoms with Crippen molar-refractivity contribution in [2.45, 2.75) is 64.1 Å². The number of amides is 8. The van der Waals surface area contributed by atoms with E-state index in [9.17, 15) is 48.3 Å². The molecular formula is C30H55N15O10. The molecule has 25 heteroatoms. The monoisotopic (exact) mass is 785 g/mol. The highest BCUT2D eigenvalue weighted by Gasteiger charge is 2.26. The normalized spacial score (nSPS) is 12.5. The number of carbonyl (C=O) groups is 9. The van der Waals surface area contributed by atoms with E-state index in [1.165, 1.54) is 0 Å². The summed E-state index contributed by atoms with van der Waals surface area (Å²) in [5.41, 5.74) is 26.6. The molecule has 0 unspecified atom stereocenters. The summed E-state index contributed by atoms with van der Waals surface area (Å²) >= 11 is 0. The molecule has 0 aliphatic rings. The molecule has 0 aliphatic heterocycles. The topological polar surface area (TPSA) is 425 Å². The number of carboxylic acids is 1. The third-order valence-corrected chi connectivity index (χ3v) is 7.33. The van der Waals surface area contributed by atoms with Crippen LogP contribution in [0.3, 0.4) is 0 Å². The smallest absolute Gasteiger partial charge is 0.326 e. The first-order valence-corrected chi connectivity index (χ1v) is 17.2. The van der Waals surface area contributed by atoms with Gasteiger partial charge in [-0.05, 0) is 31.6 Å². The molecule has 19 N–H and O–H groups in total. The summed E-state index contributed by atoms with van der Waals surface area (Å²) in [5, 5.41) is 27.7. The number of rotatable bonds is 27. The van der Waals surface area contributed by atoms with Gasteiger partial charge in [0.25, 0.3) is 0 Å². The number of nitrogens with zero attached hydrogens (tertiary/aromatic N) is 2. The van der Waals surface area contributed by atoms with Crippen LogP contribution in [0, 0.1) is 5.92 Å². The van der Waals surface area contributed by atoms with Crippen molar-refractivity contribution in [3.05, 3.63) is 0 Å². The van der Waals surface area contributed by atoms with Gasteiger partial charge in [0.2, 0.25) is 47.3 Å². The second kappa shape index (κ2) is 27.4. The second-order valence-electron chi connectivity index (χ2n) is 11.9. The summed E-state index contributed by atoms with van der Waals surface area (Å²) in [6.07, 6.45) is 1.44. The van der Waals surface area contributed by atoms with Crippen molar-refractivity contribution in [1.29, 1.82) is 0 Å². The van der Waals surface area contributed by atoms with Crippen LogP contribution in [-0.2, 0) is 43.2 Å². The van der Waals surface area contributed by atoms with Crippen molar-refractivity contribution in [2.75, 3.05) is 52.4 Å². The highest BCUT2D eigenvalue weighted by molar-refractivity contribution is 5.94. The van der Waals surface area contributed by atoms with E-state index in [0.717, 1.165) is 0 Å². The molecule has 55 heavy (non-hydrogen) atoms. The van der Waals surface area contributed by atoms with E-state index in [4.69, 9.17) is 28.7 Å². The molecule has 8 amide bonds. The maximum absolute atomic E-state index is 12.8. The molecule has 0 aliphatic carbocycles. The number of nitrogens with two attached hydrogens (primary N) is 5. The van der Waals surface area contributed by atoms with Gasteiger partial charge in [0, 0.05) is 13.1 Å². The highest BCUT2D eigenvalue weighted by Crippen LogP contribution is 2.08. The van der Waals surface area contributed by atoms with Gasteiger partial charge in [-0.15, -0.1) is 0 Å². The third-order valence-electron chi connectivity index (χ3n) is 7.33. The minimum atomic E-state index is -1.29. The Hall–Kier alpha value is -6.27. The van der Waals surface area contributed by atoms with Crippen LogP contribution in [0.5, 0.6) is 0 Å². The average molecular weight is 786 g/mol. The van der Waals surface area contributed by atoms with Crippen molar-refractivity contribution >= 4 is 65.1 Å². The van der Waals surface area contributed by atoms with Crippen LogP contribution >= 0.6 is 0 Å². The quantitative estimate of drug-likeness (QED) is 0.0209. The average Bonchev–Trinajstić information content (AvgIpc) is 3.13. The van der Waals surface area contributed by atoms with E-state index in [1.807, 2.05) is 0 Å². The van der Waals surface area contributed by atoms with Gasteiger partial charge in [0.15, 0.2) is 11.9 Å². The first-order valence-electron chi connectivity index (χ1n) is 17.2. The van der Waals surface area contributed by atoms with Crippen molar-refractivity contribution in [3.63, 3.8) is 0 Å². The summed E-state index contributed by atoms with van der Waals surface area (Å²) < 4.78 is 0. The Morgan fingerprint density at radius 1 is 0.564 bits per heavy atom. The predicted octanol–water partition coefficient (Wildman–Crippen LogP) is -7.78. The maximum Gasteiger partial charge on any atom is 0.326 e. The van der Waals surface area contributed by atoms with E-state index in [1.54, 1.807) is 13.8 Å². The van der Waals surface area contributed by atoms with Gasteiger partial charge in [-0.3, -0.25) is 48.3 Å². The van der Waals surface area contributed by atoms with E-state index in [0.29, 0.717) is 12.8 Å². The molecule has 0 saturated carbocycles. The molecule has 0 fully saturated rings. The molecule has 0 saturated heterocycles. The summed E-state index contributed by atoms with van der Waals surface area (Å²) in [6.45, 7) is 0.632. The standard InChI is InChI=1S/C30H55N15O10/c1-3-16(2)25(45-24(51)15-41-20(47)11-38-21(48)12-42-26(52)17(31)6-4-8-36-29(32)33)27(53)43-13-22(49)39-10-19(46)40-14-23(50)44-18(28(54)55)7-5-9-37-30(34)35/h16-18,25H,3-15,31H2,1-2H3,(H,38,48)(H,39,49)(H,40,46)(H,41,47)(H,42,52)(H,43,53)(H,44,50)(H,45,51)(H,54,55)(H4,32,33,36)(H4,34,35,37)/t16-,17-,18-,25-/m0/s1. The van der Waals surface area contributed by atoms with Gasteiger partial charge in [-0.25, -0.2) is 4.79 Å². The number of nitrogens with one attached hydrogen (secondary N) is 8. The van der Waals surface area contributed by atoms with Crippen LogP contribution in [0.1, 0.15) is 46.0 Å².